The van der Waals surface area contributed by atoms with E-state index in [0.717, 1.165) is 35.5 Å². The van der Waals surface area contributed by atoms with E-state index in [4.69, 9.17) is 18.9 Å². The molecule has 1 unspecified atom stereocenters. The van der Waals surface area contributed by atoms with Crippen molar-refractivity contribution < 1.29 is 23.7 Å². The molecule has 1 aliphatic rings. The van der Waals surface area contributed by atoms with Crippen LogP contribution in [0.5, 0.6) is 11.5 Å². The van der Waals surface area contributed by atoms with Crippen molar-refractivity contribution in [3.05, 3.63) is 59.7 Å². The third kappa shape index (κ3) is 3.40. The number of rotatable bonds is 8. The highest BCUT2D eigenvalue weighted by Gasteiger charge is 2.64. The number of unbranched alkanes of at least 4 members (excludes halogenated alkanes) is 1. The van der Waals surface area contributed by atoms with Crippen LogP contribution in [0.4, 0.5) is 0 Å². The van der Waals surface area contributed by atoms with Crippen LogP contribution in [0, 0.1) is 0 Å². The molecule has 0 amide bonds. The Morgan fingerprint density at radius 3 is 1.88 bits per heavy atom. The average Bonchev–Trinajstić information content (AvgIpc) is 3.45. The molecular formula is C21H24O5. The summed E-state index contributed by atoms with van der Waals surface area (Å²) in [5.74, 6) is 1.17. The van der Waals surface area contributed by atoms with Crippen molar-refractivity contribution >= 4 is 5.97 Å². The van der Waals surface area contributed by atoms with E-state index in [9.17, 15) is 4.79 Å². The Bertz CT molecular complexity index is 689. The second kappa shape index (κ2) is 7.79. The van der Waals surface area contributed by atoms with Crippen molar-refractivity contribution in [2.24, 2.45) is 0 Å². The molecule has 1 atom stereocenters. The Balaban J connectivity index is 1.90. The molecule has 0 aromatic heterocycles. The van der Waals surface area contributed by atoms with Crippen molar-refractivity contribution in [2.45, 2.75) is 31.5 Å². The number of ether oxygens (including phenoxy) is 4. The maximum absolute atomic E-state index is 12.5. The highest BCUT2D eigenvalue weighted by Crippen LogP contribution is 2.52. The lowest BCUT2D eigenvalue weighted by molar-refractivity contribution is -0.145. The summed E-state index contributed by atoms with van der Waals surface area (Å²) in [6.45, 7) is 2.47. The van der Waals surface area contributed by atoms with E-state index >= 15 is 0 Å². The van der Waals surface area contributed by atoms with Gasteiger partial charge in [0.15, 0.2) is 11.7 Å². The van der Waals surface area contributed by atoms with Crippen molar-refractivity contribution in [1.29, 1.82) is 0 Å². The molecule has 1 aliphatic heterocycles. The first-order valence-electron chi connectivity index (χ1n) is 8.79. The Kier molecular flexibility index (Phi) is 5.47. The fraction of sp³-hybridized carbons (Fsp3) is 0.381. The summed E-state index contributed by atoms with van der Waals surface area (Å²) < 4.78 is 21.8. The molecule has 0 bridgehead atoms. The SMILES string of the molecule is CCCCOC(=O)C1OC1(c1ccc(OC)cc1)c1ccc(OC)cc1. The molecule has 3 rings (SSSR count). The molecule has 1 heterocycles. The first-order chi connectivity index (χ1) is 12.7. The van der Waals surface area contributed by atoms with E-state index in [1.807, 2.05) is 48.5 Å². The minimum atomic E-state index is -0.832. The van der Waals surface area contributed by atoms with Gasteiger partial charge in [0, 0.05) is 0 Å². The van der Waals surface area contributed by atoms with Gasteiger partial charge >= 0.3 is 5.97 Å². The van der Waals surface area contributed by atoms with Gasteiger partial charge in [-0.15, -0.1) is 0 Å². The number of methoxy groups -OCH3 is 2. The van der Waals surface area contributed by atoms with Crippen LogP contribution in [0.1, 0.15) is 30.9 Å². The minimum Gasteiger partial charge on any atom is -0.497 e. The maximum Gasteiger partial charge on any atom is 0.339 e. The topological polar surface area (TPSA) is 57.3 Å². The number of hydrogen-bond donors (Lipinski definition) is 0. The average molecular weight is 356 g/mol. The lowest BCUT2D eigenvalue weighted by atomic mass is 9.87. The normalized spacial score (nSPS) is 17.4. The lowest BCUT2D eigenvalue weighted by Crippen LogP contribution is -2.23. The van der Waals surface area contributed by atoms with Gasteiger partial charge in [-0.05, 0) is 41.8 Å². The summed E-state index contributed by atoms with van der Waals surface area (Å²) in [4.78, 5) is 12.5. The molecule has 26 heavy (non-hydrogen) atoms. The number of esters is 1. The quantitative estimate of drug-likeness (QED) is 0.410. The van der Waals surface area contributed by atoms with Crippen molar-refractivity contribution in [2.75, 3.05) is 20.8 Å². The van der Waals surface area contributed by atoms with Crippen LogP contribution in [0.2, 0.25) is 0 Å². The van der Waals surface area contributed by atoms with Gasteiger partial charge < -0.3 is 18.9 Å². The van der Waals surface area contributed by atoms with Gasteiger partial charge in [0.1, 0.15) is 11.5 Å². The van der Waals surface area contributed by atoms with Crippen LogP contribution in [-0.4, -0.2) is 32.9 Å². The van der Waals surface area contributed by atoms with Gasteiger partial charge in [0.2, 0.25) is 0 Å². The molecule has 1 saturated heterocycles. The third-order valence-electron chi connectivity index (χ3n) is 4.61. The van der Waals surface area contributed by atoms with Crippen LogP contribution in [0.3, 0.4) is 0 Å². The summed E-state index contributed by atoms with van der Waals surface area (Å²) in [6, 6.07) is 15.1. The third-order valence-corrected chi connectivity index (χ3v) is 4.61. The van der Waals surface area contributed by atoms with Crippen molar-refractivity contribution in [1.82, 2.24) is 0 Å². The molecule has 0 saturated carbocycles. The summed E-state index contributed by atoms with van der Waals surface area (Å²) in [5.41, 5.74) is 0.948. The van der Waals surface area contributed by atoms with E-state index in [1.165, 1.54) is 0 Å². The fourth-order valence-electron chi connectivity index (χ4n) is 3.04. The van der Waals surface area contributed by atoms with Crippen LogP contribution < -0.4 is 9.47 Å². The van der Waals surface area contributed by atoms with Gasteiger partial charge in [0.25, 0.3) is 0 Å². The van der Waals surface area contributed by atoms with Gasteiger partial charge in [0.05, 0.1) is 20.8 Å². The van der Waals surface area contributed by atoms with Crippen LogP contribution in [-0.2, 0) is 19.9 Å². The molecule has 0 spiro atoms. The molecule has 5 nitrogen and oxygen atoms in total. The molecule has 2 aromatic carbocycles. The highest BCUT2D eigenvalue weighted by atomic mass is 16.7. The Morgan fingerprint density at radius 1 is 0.962 bits per heavy atom. The zero-order chi connectivity index (χ0) is 18.6. The molecule has 0 aliphatic carbocycles. The minimum absolute atomic E-state index is 0.329. The van der Waals surface area contributed by atoms with Gasteiger partial charge in [-0.25, -0.2) is 4.79 Å². The number of benzene rings is 2. The summed E-state index contributed by atoms with van der Waals surface area (Å²) in [5, 5.41) is 0. The van der Waals surface area contributed by atoms with Crippen LogP contribution in [0.25, 0.3) is 0 Å². The number of hydrogen-bond acceptors (Lipinski definition) is 5. The number of carbonyl (C=O) groups excluding carboxylic acids is 1. The smallest absolute Gasteiger partial charge is 0.339 e. The molecule has 1 fully saturated rings. The predicted octanol–water partition coefficient (Wildman–Crippen LogP) is 3.69. The van der Waals surface area contributed by atoms with Crippen LogP contribution in [0.15, 0.2) is 48.5 Å². The molecule has 0 radical (unpaired) electrons. The molecule has 138 valence electrons. The van der Waals surface area contributed by atoms with Gasteiger partial charge in [-0.2, -0.15) is 0 Å². The number of epoxide rings is 1. The Labute approximate surface area is 153 Å². The molecule has 0 N–H and O–H groups in total. The summed E-state index contributed by atoms with van der Waals surface area (Å²) in [7, 11) is 3.24. The van der Waals surface area contributed by atoms with E-state index in [1.54, 1.807) is 14.2 Å². The van der Waals surface area contributed by atoms with Crippen molar-refractivity contribution in [3.8, 4) is 11.5 Å². The van der Waals surface area contributed by atoms with Crippen LogP contribution >= 0.6 is 0 Å². The van der Waals surface area contributed by atoms with Gasteiger partial charge in [-0.3, -0.25) is 0 Å². The van der Waals surface area contributed by atoms with E-state index in [-0.39, 0.29) is 5.97 Å². The summed E-state index contributed by atoms with van der Waals surface area (Å²) in [6.07, 6.45) is 1.17. The van der Waals surface area contributed by atoms with Gasteiger partial charge in [-0.1, -0.05) is 37.6 Å². The lowest BCUT2D eigenvalue weighted by Gasteiger charge is -2.15. The molecule has 2 aromatic rings. The maximum atomic E-state index is 12.5. The predicted molar refractivity (Wildman–Crippen MR) is 97.5 cm³/mol. The molecular weight excluding hydrogens is 332 g/mol. The summed E-state index contributed by atoms with van der Waals surface area (Å²) >= 11 is 0. The largest absolute Gasteiger partial charge is 0.497 e. The van der Waals surface area contributed by atoms with E-state index in [0.29, 0.717) is 6.61 Å². The zero-order valence-electron chi connectivity index (χ0n) is 15.4. The number of carbonyl (C=O) groups is 1. The zero-order valence-corrected chi connectivity index (χ0v) is 15.4. The van der Waals surface area contributed by atoms with Crippen molar-refractivity contribution in [3.63, 3.8) is 0 Å². The first-order valence-corrected chi connectivity index (χ1v) is 8.79. The Morgan fingerprint density at radius 2 is 1.46 bits per heavy atom. The second-order valence-electron chi connectivity index (χ2n) is 6.21. The second-order valence-corrected chi connectivity index (χ2v) is 6.21. The standard InChI is InChI=1S/C21H24O5/c1-4-5-14-25-20(22)19-21(26-19,15-6-10-17(23-2)11-7-15)16-8-12-18(24-3)13-9-16/h6-13,19H,4-5,14H2,1-3H3. The van der Waals surface area contributed by atoms with E-state index < -0.39 is 11.7 Å². The monoisotopic (exact) mass is 356 g/mol. The fourth-order valence-corrected chi connectivity index (χ4v) is 3.04. The first kappa shape index (κ1) is 18.3. The Hall–Kier alpha value is -2.53. The highest BCUT2D eigenvalue weighted by molar-refractivity contribution is 5.81. The molecule has 5 heteroatoms. The van der Waals surface area contributed by atoms with E-state index in [2.05, 4.69) is 6.92 Å².